The highest BCUT2D eigenvalue weighted by molar-refractivity contribution is 7.88. The maximum absolute atomic E-state index is 14.1. The number of carboxylic acid groups (broad SMARTS) is 1. The van der Waals surface area contributed by atoms with E-state index in [9.17, 15) is 45.4 Å². The second-order valence-electron chi connectivity index (χ2n) is 25.0. The number of aliphatic hydroxyl groups excluding tert-OH is 2. The zero-order chi connectivity index (χ0) is 60.5. The molecular formula is C61H82F2N4O12S2. The molecule has 2 aromatic heterocycles. The van der Waals surface area contributed by atoms with Crippen LogP contribution in [-0.4, -0.2) is 124 Å². The summed E-state index contributed by atoms with van der Waals surface area (Å²) in [7, 11) is -7.02. The number of rotatable bonds is 16. The van der Waals surface area contributed by atoms with Crippen LogP contribution in [-0.2, 0) is 67.8 Å². The summed E-state index contributed by atoms with van der Waals surface area (Å²) in [6.45, 7) is 26.0. The van der Waals surface area contributed by atoms with Gasteiger partial charge in [-0.15, -0.1) is 0 Å². The molecule has 0 spiro atoms. The first-order chi connectivity index (χ1) is 37.2. The lowest BCUT2D eigenvalue weighted by Gasteiger charge is -2.40. The number of esters is 1. The van der Waals surface area contributed by atoms with Crippen molar-refractivity contribution in [3.05, 3.63) is 117 Å². The number of aliphatic carboxylic acids is 1. The standard InChI is InChI=1S/C34H47FN2O6S.C27H35FN2O6S/c1-21(2)30-26(16-15-24-17-25(42-34(8,9)41-24)18-28(38)43-32(3,4)5)29(22-11-13-23(35)14-12-22)27-19-37(44(10,39)40)20-33(6,7)31(27)36-30;1-16(2)25-21(11-10-19(31)12-20(32)13-23(33)34)24(17-6-8-18(28)9-7-17)22-14-30(37(5,35)36)15-27(3,4)26(22)29-25/h11-16,21,24-25H,17-20H2,1-10H3;6-11,16,19-20,31-32H,12-15H2,1-5H3,(H,33,34)/b16-15+;11-10+/t24-,25-;19-,20-/m11/s1. The quantitative estimate of drug-likeness (QED) is 0.0888. The largest absolute Gasteiger partial charge is 0.481 e. The molecule has 5 heterocycles. The number of fused-ring (bicyclic) bond motifs is 2. The number of ether oxygens (including phenoxy) is 3. The molecule has 0 radical (unpaired) electrons. The molecule has 1 fully saturated rings. The minimum Gasteiger partial charge on any atom is -0.481 e. The van der Waals surface area contributed by atoms with Gasteiger partial charge >= 0.3 is 11.9 Å². The molecule has 7 rings (SSSR count). The van der Waals surface area contributed by atoms with Gasteiger partial charge in [0, 0.05) is 61.0 Å². The van der Waals surface area contributed by atoms with Crippen molar-refractivity contribution in [2.75, 3.05) is 25.6 Å². The van der Waals surface area contributed by atoms with Gasteiger partial charge in [0.15, 0.2) is 5.79 Å². The van der Waals surface area contributed by atoms with Gasteiger partial charge in [-0.2, -0.15) is 8.61 Å². The summed E-state index contributed by atoms with van der Waals surface area (Å²) in [5.74, 6) is -3.20. The smallest absolute Gasteiger partial charge is 0.308 e. The number of halogens is 2. The molecule has 1 saturated heterocycles. The Labute approximate surface area is 477 Å². The van der Waals surface area contributed by atoms with Crippen LogP contribution in [0.1, 0.15) is 173 Å². The second-order valence-corrected chi connectivity index (χ2v) is 28.9. The maximum atomic E-state index is 14.1. The van der Waals surface area contributed by atoms with Crippen molar-refractivity contribution in [3.8, 4) is 22.3 Å². The summed E-state index contributed by atoms with van der Waals surface area (Å²) in [6, 6.07) is 12.2. The Bertz CT molecular complexity index is 3240. The molecular weight excluding hydrogens is 1080 g/mol. The van der Waals surface area contributed by atoms with Crippen molar-refractivity contribution in [1.29, 1.82) is 0 Å². The second kappa shape index (κ2) is 24.9. The third-order valence-corrected chi connectivity index (χ3v) is 16.6. The van der Waals surface area contributed by atoms with Gasteiger partial charge in [0.05, 0.1) is 72.5 Å². The predicted molar refractivity (Wildman–Crippen MR) is 310 cm³/mol. The highest BCUT2D eigenvalue weighted by Crippen LogP contribution is 2.45. The van der Waals surface area contributed by atoms with Gasteiger partial charge in [-0.1, -0.05) is 104 Å². The normalized spacial score (nSPS) is 20.2. The first-order valence-electron chi connectivity index (χ1n) is 27.3. The number of nitrogens with zero attached hydrogens (tertiary/aromatic N) is 4. The summed E-state index contributed by atoms with van der Waals surface area (Å²) in [6.07, 6.45) is 6.21. The summed E-state index contributed by atoms with van der Waals surface area (Å²) in [5.41, 5.74) is 7.41. The average Bonchev–Trinajstić information content (AvgIpc) is 3.42. The van der Waals surface area contributed by atoms with Crippen LogP contribution in [0.3, 0.4) is 0 Å². The van der Waals surface area contributed by atoms with E-state index in [4.69, 9.17) is 29.3 Å². The van der Waals surface area contributed by atoms with Crippen molar-refractivity contribution >= 4 is 44.1 Å². The van der Waals surface area contributed by atoms with E-state index in [2.05, 4.69) is 13.8 Å². The van der Waals surface area contributed by atoms with E-state index in [-0.39, 0.29) is 62.2 Å². The van der Waals surface area contributed by atoms with Crippen LogP contribution in [0.2, 0.25) is 0 Å². The van der Waals surface area contributed by atoms with Crippen molar-refractivity contribution in [2.45, 2.75) is 187 Å². The number of pyridine rings is 2. The molecule has 4 aromatic rings. The van der Waals surface area contributed by atoms with Crippen LogP contribution in [0.4, 0.5) is 8.78 Å². The van der Waals surface area contributed by atoms with Crippen molar-refractivity contribution in [1.82, 2.24) is 18.6 Å². The molecule has 3 N–H and O–H groups in total. The number of sulfonamides is 2. The lowest BCUT2D eigenvalue weighted by molar-refractivity contribution is -0.290. The summed E-state index contributed by atoms with van der Waals surface area (Å²) in [4.78, 5) is 33.7. The number of carboxylic acids is 1. The average molecular weight is 1170 g/mol. The Morgan fingerprint density at radius 2 is 1.17 bits per heavy atom. The molecule has 0 aliphatic carbocycles. The SMILES string of the molecule is CC(C)c1nc2c(c(-c3ccc(F)cc3)c1/C=C/[C@@H](O)C[C@@H](O)CC(=O)O)CN(S(C)(=O)=O)CC2(C)C.CC(C)c1nc2c(c(-c3ccc(F)cc3)c1/C=C/[C@@H]1C[C@H](CC(=O)OC(C)(C)C)OC(C)(C)O1)CN(S(C)(=O)=O)CC2(C)C. The van der Waals surface area contributed by atoms with E-state index in [0.29, 0.717) is 35.2 Å². The molecule has 444 valence electrons. The van der Waals surface area contributed by atoms with Gasteiger partial charge in [-0.3, -0.25) is 19.6 Å². The van der Waals surface area contributed by atoms with Crippen LogP contribution in [0.5, 0.6) is 0 Å². The van der Waals surface area contributed by atoms with E-state index < -0.39 is 78.8 Å². The van der Waals surface area contributed by atoms with E-state index >= 15 is 0 Å². The molecule has 3 aliphatic heterocycles. The van der Waals surface area contributed by atoms with Crippen molar-refractivity contribution in [2.24, 2.45) is 0 Å². The van der Waals surface area contributed by atoms with Crippen molar-refractivity contribution in [3.63, 3.8) is 0 Å². The fourth-order valence-corrected chi connectivity index (χ4v) is 12.7. The monoisotopic (exact) mass is 1160 g/mol. The fourth-order valence-electron chi connectivity index (χ4n) is 10.8. The third-order valence-electron chi connectivity index (χ3n) is 14.2. The minimum absolute atomic E-state index is 0.0369. The predicted octanol–water partition coefficient (Wildman–Crippen LogP) is 10.4. The number of hydrogen-bond donors (Lipinski definition) is 3. The first-order valence-corrected chi connectivity index (χ1v) is 31.0. The Hall–Kier alpha value is -5.32. The Balaban J connectivity index is 0.000000265. The highest BCUT2D eigenvalue weighted by atomic mass is 32.2. The van der Waals surface area contributed by atoms with Gasteiger partial charge in [-0.25, -0.2) is 25.6 Å². The number of carbonyl (C=O) groups is 2. The van der Waals surface area contributed by atoms with Crippen molar-refractivity contribution < 1.29 is 64.7 Å². The summed E-state index contributed by atoms with van der Waals surface area (Å²) in [5, 5.41) is 29.3. The lowest BCUT2D eigenvalue weighted by Crippen LogP contribution is -2.45. The molecule has 0 unspecified atom stereocenters. The Morgan fingerprint density at radius 1 is 0.741 bits per heavy atom. The molecule has 16 nitrogen and oxygen atoms in total. The topological polar surface area (TPSA) is 223 Å². The van der Waals surface area contributed by atoms with Crippen LogP contribution in [0, 0.1) is 11.6 Å². The highest BCUT2D eigenvalue weighted by Gasteiger charge is 2.42. The number of carbonyl (C=O) groups excluding carboxylic acids is 1. The molecule has 0 amide bonds. The molecule has 2 aromatic carbocycles. The first kappa shape index (κ1) is 64.8. The van der Waals surface area contributed by atoms with Gasteiger partial charge < -0.3 is 29.5 Å². The van der Waals surface area contributed by atoms with Gasteiger partial charge in [0.1, 0.15) is 17.2 Å². The minimum atomic E-state index is -3.52. The van der Waals surface area contributed by atoms with Gasteiger partial charge in [0.2, 0.25) is 20.0 Å². The zero-order valence-electron chi connectivity index (χ0n) is 49.4. The van der Waals surface area contributed by atoms with Crippen LogP contribution in [0.25, 0.3) is 34.4 Å². The molecule has 0 saturated carbocycles. The molecule has 20 heteroatoms. The van der Waals surface area contributed by atoms with Gasteiger partial charge in [0.25, 0.3) is 0 Å². The van der Waals surface area contributed by atoms with Gasteiger partial charge in [-0.05, 0) is 104 Å². The van der Waals surface area contributed by atoms with E-state index in [0.717, 1.165) is 45.0 Å². The molecule has 81 heavy (non-hydrogen) atoms. The van der Waals surface area contributed by atoms with E-state index in [1.165, 1.54) is 51.5 Å². The Kier molecular flexibility index (Phi) is 19.9. The molecule has 4 atom stereocenters. The van der Waals surface area contributed by atoms with E-state index in [1.54, 1.807) is 30.3 Å². The lowest BCUT2D eigenvalue weighted by atomic mass is 9.78. The summed E-state index contributed by atoms with van der Waals surface area (Å²) >= 11 is 0. The Morgan fingerprint density at radius 3 is 1.57 bits per heavy atom. The number of aromatic nitrogens is 2. The zero-order valence-corrected chi connectivity index (χ0v) is 51.1. The summed E-state index contributed by atoms with van der Waals surface area (Å²) < 4.78 is 99.4. The van der Waals surface area contributed by atoms with E-state index in [1.807, 2.05) is 88.3 Å². The number of aliphatic hydroxyl groups is 2. The molecule has 3 aliphatic rings. The van der Waals surface area contributed by atoms with Crippen LogP contribution >= 0.6 is 0 Å². The third kappa shape index (κ3) is 16.7. The fraction of sp³-hybridized carbons (Fsp3) is 0.541. The molecule has 0 bridgehead atoms. The maximum Gasteiger partial charge on any atom is 0.308 e. The van der Waals surface area contributed by atoms with Crippen LogP contribution < -0.4 is 0 Å². The van der Waals surface area contributed by atoms with Crippen LogP contribution in [0.15, 0.2) is 60.7 Å². The number of benzene rings is 2. The number of hydrogen-bond acceptors (Lipinski definition) is 13.